The molecule has 0 saturated carbocycles. The molecule has 4 heteroatoms. The summed E-state index contributed by atoms with van der Waals surface area (Å²) in [7, 11) is 0. The number of hydrogen-bond donors (Lipinski definition) is 0. The summed E-state index contributed by atoms with van der Waals surface area (Å²) in [5.41, 5.74) is 6.34. The van der Waals surface area contributed by atoms with E-state index in [9.17, 15) is 0 Å². The van der Waals surface area contributed by atoms with E-state index >= 15 is 0 Å². The van der Waals surface area contributed by atoms with Crippen LogP contribution in [-0.2, 0) is 0 Å². The van der Waals surface area contributed by atoms with Crippen molar-refractivity contribution >= 4 is 43.4 Å². The average molecular weight is 575 g/mol. The summed E-state index contributed by atoms with van der Waals surface area (Å²) >= 11 is 0. The summed E-state index contributed by atoms with van der Waals surface area (Å²) in [5, 5.41) is 6.92. The minimum Gasteiger partial charge on any atom is -0.278 e. The average Bonchev–Trinajstić information content (AvgIpc) is 3.45. The summed E-state index contributed by atoms with van der Waals surface area (Å²) < 4.78 is 2.17. The molecule has 4 nitrogen and oxygen atoms in total. The van der Waals surface area contributed by atoms with Gasteiger partial charge in [0, 0.05) is 27.3 Å². The second kappa shape index (κ2) is 10.2. The minimum atomic E-state index is 0.592. The Labute approximate surface area is 259 Å². The highest BCUT2D eigenvalue weighted by Crippen LogP contribution is 2.37. The maximum absolute atomic E-state index is 5.26. The van der Waals surface area contributed by atoms with Gasteiger partial charge >= 0.3 is 0 Å². The van der Waals surface area contributed by atoms with Crippen molar-refractivity contribution < 1.29 is 0 Å². The Morgan fingerprint density at radius 1 is 0.378 bits per heavy atom. The fourth-order valence-corrected chi connectivity index (χ4v) is 6.57. The molecular formula is C41H26N4. The third-order valence-corrected chi connectivity index (χ3v) is 8.64. The lowest BCUT2D eigenvalue weighted by atomic mass is 9.94. The normalized spacial score (nSPS) is 11.6. The lowest BCUT2D eigenvalue weighted by Crippen LogP contribution is -2.06. The summed E-state index contributed by atoms with van der Waals surface area (Å²) in [4.78, 5) is 15.6. The number of hydrogen-bond acceptors (Lipinski definition) is 3. The number of nitrogens with zero attached hydrogens (tertiary/aromatic N) is 4. The molecule has 0 N–H and O–H groups in total. The van der Waals surface area contributed by atoms with Gasteiger partial charge in [0.25, 0.3) is 0 Å². The van der Waals surface area contributed by atoms with Gasteiger partial charge < -0.3 is 0 Å². The molecule has 2 aromatic heterocycles. The summed E-state index contributed by atoms with van der Waals surface area (Å²) in [6, 6.07) is 55.1. The van der Waals surface area contributed by atoms with Gasteiger partial charge in [-0.25, -0.2) is 4.98 Å². The molecule has 0 aliphatic carbocycles. The van der Waals surface area contributed by atoms with Gasteiger partial charge in [0.15, 0.2) is 11.6 Å². The molecule has 0 atom stereocenters. The van der Waals surface area contributed by atoms with Crippen LogP contribution >= 0.6 is 0 Å². The van der Waals surface area contributed by atoms with E-state index in [0.717, 1.165) is 49.4 Å². The number of aromatic nitrogens is 4. The zero-order valence-electron chi connectivity index (χ0n) is 24.3. The van der Waals surface area contributed by atoms with E-state index in [4.69, 9.17) is 15.0 Å². The zero-order valence-corrected chi connectivity index (χ0v) is 24.3. The second-order valence-electron chi connectivity index (χ2n) is 11.3. The molecule has 210 valence electrons. The Balaban J connectivity index is 1.37. The third kappa shape index (κ3) is 4.19. The topological polar surface area (TPSA) is 43.6 Å². The molecule has 0 fully saturated rings. The number of benzene rings is 7. The summed E-state index contributed by atoms with van der Waals surface area (Å²) in [6.07, 6.45) is 0. The van der Waals surface area contributed by atoms with Crippen LogP contribution in [0.5, 0.6) is 0 Å². The van der Waals surface area contributed by atoms with Gasteiger partial charge in [0.2, 0.25) is 5.95 Å². The van der Waals surface area contributed by atoms with Gasteiger partial charge in [0.1, 0.15) is 0 Å². The highest BCUT2D eigenvalue weighted by Gasteiger charge is 2.19. The summed E-state index contributed by atoms with van der Waals surface area (Å²) in [5.74, 6) is 1.87. The van der Waals surface area contributed by atoms with Crippen LogP contribution in [0.2, 0.25) is 0 Å². The highest BCUT2D eigenvalue weighted by atomic mass is 15.2. The Morgan fingerprint density at radius 2 is 0.978 bits per heavy atom. The first-order valence-electron chi connectivity index (χ1n) is 15.1. The third-order valence-electron chi connectivity index (χ3n) is 8.64. The van der Waals surface area contributed by atoms with Crippen LogP contribution in [0.15, 0.2) is 158 Å². The molecule has 2 heterocycles. The molecule has 45 heavy (non-hydrogen) atoms. The Morgan fingerprint density at radius 3 is 1.73 bits per heavy atom. The van der Waals surface area contributed by atoms with Crippen molar-refractivity contribution in [1.82, 2.24) is 19.5 Å². The fraction of sp³-hybridized carbons (Fsp3) is 0. The molecule has 0 bridgehead atoms. The molecule has 0 saturated heterocycles. The van der Waals surface area contributed by atoms with Crippen LogP contribution < -0.4 is 0 Å². The molecule has 7 aromatic carbocycles. The lowest BCUT2D eigenvalue weighted by molar-refractivity contribution is 0.954. The molecule has 0 radical (unpaired) electrons. The van der Waals surface area contributed by atoms with Gasteiger partial charge in [0.05, 0.1) is 11.0 Å². The van der Waals surface area contributed by atoms with E-state index in [1.54, 1.807) is 0 Å². The first-order valence-corrected chi connectivity index (χ1v) is 15.1. The van der Waals surface area contributed by atoms with E-state index in [-0.39, 0.29) is 0 Å². The van der Waals surface area contributed by atoms with E-state index in [0.29, 0.717) is 17.6 Å². The highest BCUT2D eigenvalue weighted by molar-refractivity contribution is 6.09. The predicted octanol–water partition coefficient (Wildman–Crippen LogP) is 10.3. The van der Waals surface area contributed by atoms with Crippen molar-refractivity contribution in [2.45, 2.75) is 0 Å². The number of para-hydroxylation sites is 2. The maximum atomic E-state index is 5.26. The van der Waals surface area contributed by atoms with Gasteiger partial charge in [-0.3, -0.25) is 4.57 Å². The molecule has 9 aromatic rings. The predicted molar refractivity (Wildman–Crippen MR) is 185 cm³/mol. The van der Waals surface area contributed by atoms with Gasteiger partial charge in [-0.05, 0) is 45.5 Å². The molecular weight excluding hydrogens is 548 g/mol. The number of fused-ring (bicyclic) bond motifs is 5. The molecule has 0 aliphatic heterocycles. The van der Waals surface area contributed by atoms with Crippen LogP contribution in [0.3, 0.4) is 0 Å². The first-order chi connectivity index (χ1) is 22.3. The van der Waals surface area contributed by atoms with Crippen LogP contribution in [0, 0.1) is 0 Å². The minimum absolute atomic E-state index is 0.592. The Kier molecular flexibility index (Phi) is 5.78. The molecule has 0 unspecified atom stereocenters. The van der Waals surface area contributed by atoms with Crippen LogP contribution in [0.1, 0.15) is 0 Å². The standard InChI is InChI=1S/C41H26N4/c1-2-13-28(14-3-1)32-20-10-16-29-17-11-21-35(38(29)32)40-42-39(31-25-24-27-12-4-5-15-30(27)26-31)43-41(44-40)45-36-22-8-6-18-33(36)34-19-7-9-23-37(34)45/h1-26H. The van der Waals surface area contributed by atoms with Crippen molar-refractivity contribution in [2.24, 2.45) is 0 Å². The second-order valence-corrected chi connectivity index (χ2v) is 11.3. The van der Waals surface area contributed by atoms with Gasteiger partial charge in [-0.15, -0.1) is 0 Å². The van der Waals surface area contributed by atoms with Gasteiger partial charge in [-0.1, -0.05) is 140 Å². The van der Waals surface area contributed by atoms with E-state index in [1.807, 2.05) is 0 Å². The molecule has 9 rings (SSSR count). The Hall–Kier alpha value is -6.13. The van der Waals surface area contributed by atoms with E-state index in [2.05, 4.69) is 162 Å². The molecule has 0 amide bonds. The van der Waals surface area contributed by atoms with Crippen LogP contribution in [0.4, 0.5) is 0 Å². The smallest absolute Gasteiger partial charge is 0.238 e. The monoisotopic (exact) mass is 574 g/mol. The Bertz CT molecular complexity index is 2490. The van der Waals surface area contributed by atoms with E-state index < -0.39 is 0 Å². The maximum Gasteiger partial charge on any atom is 0.238 e. The van der Waals surface area contributed by atoms with Gasteiger partial charge in [-0.2, -0.15) is 9.97 Å². The van der Waals surface area contributed by atoms with Crippen molar-refractivity contribution in [3.05, 3.63) is 158 Å². The molecule has 0 aliphatic rings. The van der Waals surface area contributed by atoms with Crippen molar-refractivity contribution in [2.75, 3.05) is 0 Å². The summed E-state index contributed by atoms with van der Waals surface area (Å²) in [6.45, 7) is 0. The van der Waals surface area contributed by atoms with Crippen molar-refractivity contribution in [3.8, 4) is 39.9 Å². The quantitative estimate of drug-likeness (QED) is 0.210. The van der Waals surface area contributed by atoms with Crippen molar-refractivity contribution in [3.63, 3.8) is 0 Å². The molecule has 0 spiro atoms. The number of rotatable bonds is 4. The van der Waals surface area contributed by atoms with Crippen LogP contribution in [0.25, 0.3) is 83.2 Å². The van der Waals surface area contributed by atoms with Crippen molar-refractivity contribution in [1.29, 1.82) is 0 Å². The largest absolute Gasteiger partial charge is 0.278 e. The fourth-order valence-electron chi connectivity index (χ4n) is 6.57. The SMILES string of the molecule is c1ccc(-c2cccc3cccc(-c4nc(-c5ccc6ccccc6c5)nc(-n5c6ccccc6c6ccccc65)n4)c23)cc1. The lowest BCUT2D eigenvalue weighted by Gasteiger charge is -2.14. The van der Waals surface area contributed by atoms with Crippen LogP contribution in [-0.4, -0.2) is 19.5 Å². The van der Waals surface area contributed by atoms with E-state index in [1.165, 1.54) is 16.2 Å². The first kappa shape index (κ1) is 25.4. The zero-order chi connectivity index (χ0) is 29.7.